The predicted molar refractivity (Wildman–Crippen MR) is 84.8 cm³/mol. The van der Waals surface area contributed by atoms with Crippen molar-refractivity contribution in [1.29, 1.82) is 0 Å². The van der Waals surface area contributed by atoms with E-state index in [0.717, 1.165) is 15.7 Å². The number of halogens is 1. The van der Waals surface area contributed by atoms with Crippen molar-refractivity contribution < 1.29 is 4.79 Å². The summed E-state index contributed by atoms with van der Waals surface area (Å²) in [5, 5.41) is 6.91. The lowest BCUT2D eigenvalue weighted by Gasteiger charge is -2.04. The van der Waals surface area contributed by atoms with E-state index < -0.39 is 0 Å². The van der Waals surface area contributed by atoms with Gasteiger partial charge in [0.1, 0.15) is 0 Å². The first-order chi connectivity index (χ1) is 9.74. The molecule has 20 heavy (non-hydrogen) atoms. The summed E-state index contributed by atoms with van der Waals surface area (Å²) < 4.78 is 1.000. The first-order valence-electron chi connectivity index (χ1n) is 6.10. The zero-order chi connectivity index (χ0) is 14.2. The number of anilines is 1. The number of rotatable bonds is 5. The van der Waals surface area contributed by atoms with E-state index in [1.165, 1.54) is 0 Å². The third-order valence-electron chi connectivity index (χ3n) is 2.50. The Bertz CT molecular complexity index is 582. The largest absolute Gasteiger partial charge is 0.376 e. The molecule has 0 unspecified atom stereocenters. The van der Waals surface area contributed by atoms with Gasteiger partial charge in [-0.1, -0.05) is 46.3 Å². The summed E-state index contributed by atoms with van der Waals surface area (Å²) >= 11 is 3.36. The SMILES string of the molecule is O=C(CNc1ccc(Br)cc1)N/N=C\c1ccccc1. The molecular weight excluding hydrogens is 318 g/mol. The topological polar surface area (TPSA) is 53.5 Å². The van der Waals surface area contributed by atoms with E-state index in [-0.39, 0.29) is 12.5 Å². The highest BCUT2D eigenvalue weighted by Crippen LogP contribution is 2.13. The van der Waals surface area contributed by atoms with E-state index in [4.69, 9.17) is 0 Å². The Hall–Kier alpha value is -2.14. The van der Waals surface area contributed by atoms with Gasteiger partial charge in [-0.15, -0.1) is 0 Å². The molecule has 0 bridgehead atoms. The van der Waals surface area contributed by atoms with Gasteiger partial charge >= 0.3 is 0 Å². The Morgan fingerprint density at radius 1 is 1.10 bits per heavy atom. The second kappa shape index (κ2) is 7.45. The quantitative estimate of drug-likeness (QED) is 0.653. The molecule has 0 heterocycles. The Morgan fingerprint density at radius 3 is 2.50 bits per heavy atom. The van der Waals surface area contributed by atoms with Crippen molar-refractivity contribution >= 4 is 33.7 Å². The Balaban J connectivity index is 1.76. The van der Waals surface area contributed by atoms with Gasteiger partial charge in [-0.2, -0.15) is 5.10 Å². The minimum atomic E-state index is -0.194. The molecule has 4 nitrogen and oxygen atoms in total. The standard InChI is InChI=1S/C15H14BrN3O/c16-13-6-8-14(9-7-13)17-11-15(20)19-18-10-12-4-2-1-3-5-12/h1-10,17H,11H2,(H,19,20)/b18-10-. The lowest BCUT2D eigenvalue weighted by molar-refractivity contribution is -0.119. The van der Waals surface area contributed by atoms with Crippen LogP contribution in [-0.4, -0.2) is 18.7 Å². The summed E-state index contributed by atoms with van der Waals surface area (Å²) in [6.07, 6.45) is 1.61. The average molecular weight is 332 g/mol. The normalized spacial score (nSPS) is 10.4. The summed E-state index contributed by atoms with van der Waals surface area (Å²) in [7, 11) is 0. The van der Waals surface area contributed by atoms with Crippen molar-refractivity contribution in [2.24, 2.45) is 5.10 Å². The third-order valence-corrected chi connectivity index (χ3v) is 3.03. The zero-order valence-corrected chi connectivity index (χ0v) is 12.3. The molecule has 0 fully saturated rings. The molecule has 102 valence electrons. The van der Waals surface area contributed by atoms with Gasteiger partial charge in [0, 0.05) is 10.2 Å². The fourth-order valence-electron chi connectivity index (χ4n) is 1.51. The predicted octanol–water partition coefficient (Wildman–Crippen LogP) is 3.01. The molecule has 2 aromatic rings. The Morgan fingerprint density at radius 2 is 1.80 bits per heavy atom. The Labute approximate surface area is 126 Å². The molecule has 0 saturated heterocycles. The number of benzene rings is 2. The highest BCUT2D eigenvalue weighted by molar-refractivity contribution is 9.10. The van der Waals surface area contributed by atoms with Gasteiger partial charge < -0.3 is 5.32 Å². The molecule has 5 heteroatoms. The van der Waals surface area contributed by atoms with Crippen LogP contribution >= 0.6 is 15.9 Å². The zero-order valence-electron chi connectivity index (χ0n) is 10.7. The van der Waals surface area contributed by atoms with Crippen LogP contribution in [0.15, 0.2) is 64.2 Å². The average Bonchev–Trinajstić information content (AvgIpc) is 2.48. The van der Waals surface area contributed by atoms with Gasteiger partial charge in [-0.3, -0.25) is 4.79 Å². The van der Waals surface area contributed by atoms with Crippen molar-refractivity contribution in [2.45, 2.75) is 0 Å². The molecule has 0 aromatic heterocycles. The summed E-state index contributed by atoms with van der Waals surface area (Å²) in [6, 6.07) is 17.2. The van der Waals surface area contributed by atoms with Crippen molar-refractivity contribution in [2.75, 3.05) is 11.9 Å². The van der Waals surface area contributed by atoms with Crippen LogP contribution in [0.5, 0.6) is 0 Å². The number of amides is 1. The Kier molecular flexibility index (Phi) is 5.32. The van der Waals surface area contributed by atoms with E-state index in [2.05, 4.69) is 31.8 Å². The molecular formula is C15H14BrN3O. The lowest BCUT2D eigenvalue weighted by Crippen LogP contribution is -2.25. The van der Waals surface area contributed by atoms with E-state index in [1.54, 1.807) is 6.21 Å². The smallest absolute Gasteiger partial charge is 0.259 e. The number of hydrogen-bond acceptors (Lipinski definition) is 3. The number of carbonyl (C=O) groups is 1. The first-order valence-corrected chi connectivity index (χ1v) is 6.90. The maximum absolute atomic E-state index is 11.6. The van der Waals surface area contributed by atoms with E-state index >= 15 is 0 Å². The minimum Gasteiger partial charge on any atom is -0.376 e. The molecule has 1 amide bonds. The van der Waals surface area contributed by atoms with Crippen LogP contribution in [0.4, 0.5) is 5.69 Å². The number of nitrogens with one attached hydrogen (secondary N) is 2. The minimum absolute atomic E-state index is 0.174. The molecule has 0 saturated carbocycles. The van der Waals surface area contributed by atoms with Gasteiger partial charge in [0.15, 0.2) is 0 Å². The summed E-state index contributed by atoms with van der Waals surface area (Å²) in [5.74, 6) is -0.194. The van der Waals surface area contributed by atoms with Crippen LogP contribution in [-0.2, 0) is 4.79 Å². The number of nitrogens with zero attached hydrogens (tertiary/aromatic N) is 1. The second-order valence-corrected chi connectivity index (χ2v) is 4.98. The number of hydrazone groups is 1. The molecule has 2 rings (SSSR count). The van der Waals surface area contributed by atoms with Gasteiger partial charge in [0.2, 0.25) is 0 Å². The van der Waals surface area contributed by atoms with Crippen LogP contribution in [0.1, 0.15) is 5.56 Å². The second-order valence-electron chi connectivity index (χ2n) is 4.06. The highest BCUT2D eigenvalue weighted by atomic mass is 79.9. The van der Waals surface area contributed by atoms with Gasteiger partial charge in [0.25, 0.3) is 5.91 Å². The van der Waals surface area contributed by atoms with Gasteiger partial charge in [-0.25, -0.2) is 5.43 Å². The molecule has 0 atom stereocenters. The highest BCUT2D eigenvalue weighted by Gasteiger charge is 1.99. The number of hydrogen-bond donors (Lipinski definition) is 2. The summed E-state index contributed by atoms with van der Waals surface area (Å²) in [5.41, 5.74) is 4.29. The maximum Gasteiger partial charge on any atom is 0.259 e. The molecule has 0 radical (unpaired) electrons. The fourth-order valence-corrected chi connectivity index (χ4v) is 1.77. The summed E-state index contributed by atoms with van der Waals surface area (Å²) in [6.45, 7) is 0.174. The molecule has 2 aromatic carbocycles. The van der Waals surface area contributed by atoms with Crippen molar-refractivity contribution in [3.05, 3.63) is 64.6 Å². The van der Waals surface area contributed by atoms with Crippen LogP contribution in [0.2, 0.25) is 0 Å². The van der Waals surface area contributed by atoms with Crippen molar-refractivity contribution in [1.82, 2.24) is 5.43 Å². The van der Waals surface area contributed by atoms with Crippen LogP contribution in [0.25, 0.3) is 0 Å². The first kappa shape index (κ1) is 14.3. The monoisotopic (exact) mass is 331 g/mol. The third kappa shape index (κ3) is 4.85. The molecule has 0 aliphatic carbocycles. The van der Waals surface area contributed by atoms with Crippen molar-refractivity contribution in [3.8, 4) is 0 Å². The molecule has 2 N–H and O–H groups in total. The van der Waals surface area contributed by atoms with Crippen LogP contribution in [0, 0.1) is 0 Å². The number of carbonyl (C=O) groups excluding carboxylic acids is 1. The van der Waals surface area contributed by atoms with E-state index in [0.29, 0.717) is 0 Å². The fraction of sp³-hybridized carbons (Fsp3) is 0.0667. The van der Waals surface area contributed by atoms with Crippen LogP contribution in [0.3, 0.4) is 0 Å². The molecule has 0 aliphatic heterocycles. The summed E-state index contributed by atoms with van der Waals surface area (Å²) in [4.78, 5) is 11.6. The van der Waals surface area contributed by atoms with Gasteiger partial charge in [0.05, 0.1) is 12.8 Å². The lowest BCUT2D eigenvalue weighted by atomic mass is 10.2. The maximum atomic E-state index is 11.6. The molecule has 0 spiro atoms. The molecule has 0 aliphatic rings. The van der Waals surface area contributed by atoms with Gasteiger partial charge in [-0.05, 0) is 29.8 Å². The van der Waals surface area contributed by atoms with Crippen LogP contribution < -0.4 is 10.7 Å². The van der Waals surface area contributed by atoms with E-state index in [1.807, 2.05) is 54.6 Å². The van der Waals surface area contributed by atoms with E-state index in [9.17, 15) is 4.79 Å². The van der Waals surface area contributed by atoms with Crippen molar-refractivity contribution in [3.63, 3.8) is 0 Å².